The minimum atomic E-state index is -0.235. The second-order valence-corrected chi connectivity index (χ2v) is 5.53. The molecular formula is C16H23FN2O. The SMILES string of the molecule is CCC(C)NCC(=O)N(Cc1ccccc1F)C1CC1. The first-order valence-electron chi connectivity index (χ1n) is 7.38. The lowest BCUT2D eigenvalue weighted by Gasteiger charge is -2.24. The minimum absolute atomic E-state index is 0.0658. The van der Waals surface area contributed by atoms with Gasteiger partial charge in [-0.1, -0.05) is 25.1 Å². The van der Waals surface area contributed by atoms with E-state index in [-0.39, 0.29) is 11.7 Å². The molecule has 0 aliphatic heterocycles. The van der Waals surface area contributed by atoms with E-state index in [4.69, 9.17) is 0 Å². The highest BCUT2D eigenvalue weighted by Crippen LogP contribution is 2.28. The summed E-state index contributed by atoms with van der Waals surface area (Å²) in [4.78, 5) is 14.1. The minimum Gasteiger partial charge on any atom is -0.334 e. The molecule has 0 aromatic heterocycles. The molecule has 0 heterocycles. The molecule has 0 saturated heterocycles. The Kier molecular flexibility index (Phi) is 5.12. The van der Waals surface area contributed by atoms with Crippen LogP contribution in [0.2, 0.25) is 0 Å². The van der Waals surface area contributed by atoms with Gasteiger partial charge in [0, 0.05) is 24.2 Å². The molecule has 0 spiro atoms. The van der Waals surface area contributed by atoms with E-state index in [1.165, 1.54) is 6.07 Å². The van der Waals surface area contributed by atoms with Crippen LogP contribution in [0, 0.1) is 5.82 Å². The maximum atomic E-state index is 13.7. The number of carbonyl (C=O) groups is 1. The van der Waals surface area contributed by atoms with Crippen LogP contribution in [0.4, 0.5) is 4.39 Å². The first-order chi connectivity index (χ1) is 9.61. The number of nitrogens with one attached hydrogen (secondary N) is 1. The second-order valence-electron chi connectivity index (χ2n) is 5.53. The van der Waals surface area contributed by atoms with Crippen molar-refractivity contribution in [2.24, 2.45) is 0 Å². The number of benzene rings is 1. The largest absolute Gasteiger partial charge is 0.334 e. The zero-order valence-corrected chi connectivity index (χ0v) is 12.2. The van der Waals surface area contributed by atoms with E-state index in [0.717, 1.165) is 19.3 Å². The Morgan fingerprint density at radius 3 is 2.75 bits per heavy atom. The first-order valence-corrected chi connectivity index (χ1v) is 7.38. The summed E-state index contributed by atoms with van der Waals surface area (Å²) in [5.41, 5.74) is 0.594. The van der Waals surface area contributed by atoms with Gasteiger partial charge < -0.3 is 10.2 Å². The van der Waals surface area contributed by atoms with Gasteiger partial charge in [-0.3, -0.25) is 4.79 Å². The van der Waals surface area contributed by atoms with Crippen molar-refractivity contribution in [3.05, 3.63) is 35.6 Å². The summed E-state index contributed by atoms with van der Waals surface area (Å²) in [5, 5.41) is 3.21. The van der Waals surface area contributed by atoms with Gasteiger partial charge in [0.2, 0.25) is 5.91 Å². The van der Waals surface area contributed by atoms with Crippen molar-refractivity contribution in [2.75, 3.05) is 6.54 Å². The molecular weight excluding hydrogens is 255 g/mol. The number of halogens is 1. The van der Waals surface area contributed by atoms with Gasteiger partial charge in [-0.15, -0.1) is 0 Å². The maximum absolute atomic E-state index is 13.7. The van der Waals surface area contributed by atoms with Crippen molar-refractivity contribution in [3.8, 4) is 0 Å². The molecule has 1 N–H and O–H groups in total. The van der Waals surface area contributed by atoms with Gasteiger partial charge in [0.1, 0.15) is 5.82 Å². The van der Waals surface area contributed by atoms with Gasteiger partial charge in [0.05, 0.1) is 6.54 Å². The van der Waals surface area contributed by atoms with Crippen LogP contribution in [-0.4, -0.2) is 29.4 Å². The highest BCUT2D eigenvalue weighted by atomic mass is 19.1. The van der Waals surface area contributed by atoms with Gasteiger partial charge in [0.15, 0.2) is 0 Å². The average molecular weight is 278 g/mol. The molecule has 1 amide bonds. The van der Waals surface area contributed by atoms with E-state index in [1.807, 2.05) is 11.0 Å². The molecule has 4 heteroatoms. The van der Waals surface area contributed by atoms with Crippen LogP contribution in [0.15, 0.2) is 24.3 Å². The molecule has 1 aromatic carbocycles. The van der Waals surface area contributed by atoms with Crippen molar-refractivity contribution in [3.63, 3.8) is 0 Å². The third kappa shape index (κ3) is 4.04. The lowest BCUT2D eigenvalue weighted by Crippen LogP contribution is -2.41. The summed E-state index contributed by atoms with van der Waals surface area (Å²) in [6, 6.07) is 7.30. The van der Waals surface area contributed by atoms with Crippen molar-refractivity contribution in [1.29, 1.82) is 0 Å². The number of carbonyl (C=O) groups excluding carboxylic acids is 1. The van der Waals surface area contributed by atoms with Crippen molar-refractivity contribution >= 4 is 5.91 Å². The van der Waals surface area contributed by atoms with Crippen LogP contribution in [0.3, 0.4) is 0 Å². The van der Waals surface area contributed by atoms with Gasteiger partial charge in [-0.2, -0.15) is 0 Å². The van der Waals surface area contributed by atoms with Gasteiger partial charge in [0.25, 0.3) is 0 Å². The average Bonchev–Trinajstić information content (AvgIpc) is 3.28. The third-order valence-electron chi connectivity index (χ3n) is 3.82. The predicted octanol–water partition coefficient (Wildman–Crippen LogP) is 2.70. The van der Waals surface area contributed by atoms with Crippen LogP contribution in [0.5, 0.6) is 0 Å². The summed E-state index contributed by atoms with van der Waals surface area (Å²) >= 11 is 0. The fourth-order valence-corrected chi connectivity index (χ4v) is 2.12. The third-order valence-corrected chi connectivity index (χ3v) is 3.82. The summed E-state index contributed by atoms with van der Waals surface area (Å²) in [6.07, 6.45) is 3.05. The Labute approximate surface area is 120 Å². The fourth-order valence-electron chi connectivity index (χ4n) is 2.12. The zero-order valence-electron chi connectivity index (χ0n) is 12.2. The van der Waals surface area contributed by atoms with Crippen LogP contribution < -0.4 is 5.32 Å². The lowest BCUT2D eigenvalue weighted by atomic mass is 10.2. The quantitative estimate of drug-likeness (QED) is 0.831. The highest BCUT2D eigenvalue weighted by molar-refractivity contribution is 5.79. The number of nitrogens with zero attached hydrogens (tertiary/aromatic N) is 1. The number of amides is 1. The molecule has 1 aliphatic rings. The highest BCUT2D eigenvalue weighted by Gasteiger charge is 2.32. The molecule has 20 heavy (non-hydrogen) atoms. The van der Waals surface area contributed by atoms with E-state index < -0.39 is 0 Å². The molecule has 1 aromatic rings. The zero-order chi connectivity index (χ0) is 14.5. The fraction of sp³-hybridized carbons (Fsp3) is 0.562. The molecule has 1 unspecified atom stereocenters. The van der Waals surface area contributed by atoms with Crippen LogP contribution in [0.25, 0.3) is 0 Å². The number of hydrogen-bond donors (Lipinski definition) is 1. The van der Waals surface area contributed by atoms with E-state index in [2.05, 4.69) is 19.2 Å². The van der Waals surface area contributed by atoms with Crippen molar-refractivity contribution in [1.82, 2.24) is 10.2 Å². The number of rotatable bonds is 7. The van der Waals surface area contributed by atoms with E-state index in [0.29, 0.717) is 30.7 Å². The van der Waals surface area contributed by atoms with Crippen molar-refractivity contribution in [2.45, 2.75) is 51.7 Å². The Hall–Kier alpha value is -1.42. The normalized spacial score (nSPS) is 15.9. The summed E-state index contributed by atoms with van der Waals surface area (Å²) in [5.74, 6) is -0.170. The lowest BCUT2D eigenvalue weighted by molar-refractivity contribution is -0.131. The molecule has 1 atom stereocenters. The molecule has 110 valence electrons. The maximum Gasteiger partial charge on any atom is 0.237 e. The van der Waals surface area contributed by atoms with Crippen LogP contribution >= 0.6 is 0 Å². The number of hydrogen-bond acceptors (Lipinski definition) is 2. The monoisotopic (exact) mass is 278 g/mol. The second kappa shape index (κ2) is 6.84. The Morgan fingerprint density at radius 2 is 2.15 bits per heavy atom. The van der Waals surface area contributed by atoms with Crippen LogP contribution in [0.1, 0.15) is 38.7 Å². The van der Waals surface area contributed by atoms with E-state index in [9.17, 15) is 9.18 Å². The van der Waals surface area contributed by atoms with Gasteiger partial charge in [-0.25, -0.2) is 4.39 Å². The smallest absolute Gasteiger partial charge is 0.237 e. The van der Waals surface area contributed by atoms with E-state index >= 15 is 0 Å². The van der Waals surface area contributed by atoms with Crippen LogP contribution in [-0.2, 0) is 11.3 Å². The van der Waals surface area contributed by atoms with Gasteiger partial charge >= 0.3 is 0 Å². The Bertz CT molecular complexity index is 460. The first kappa shape index (κ1) is 15.0. The van der Waals surface area contributed by atoms with E-state index in [1.54, 1.807) is 12.1 Å². The summed E-state index contributed by atoms with van der Waals surface area (Å²) in [7, 11) is 0. The molecule has 3 nitrogen and oxygen atoms in total. The Morgan fingerprint density at radius 1 is 1.45 bits per heavy atom. The van der Waals surface area contributed by atoms with Gasteiger partial charge in [-0.05, 0) is 32.3 Å². The summed E-state index contributed by atoms with van der Waals surface area (Å²) in [6.45, 7) is 4.85. The molecule has 0 radical (unpaired) electrons. The van der Waals surface area contributed by atoms with Crippen molar-refractivity contribution < 1.29 is 9.18 Å². The molecule has 0 bridgehead atoms. The predicted molar refractivity (Wildman–Crippen MR) is 77.7 cm³/mol. The standard InChI is InChI=1S/C16H23FN2O/c1-3-12(2)18-10-16(20)19(14-8-9-14)11-13-6-4-5-7-15(13)17/h4-7,12,14,18H,3,8-11H2,1-2H3. The summed E-state index contributed by atoms with van der Waals surface area (Å²) < 4.78 is 13.7. The topological polar surface area (TPSA) is 32.3 Å². The Balaban J connectivity index is 1.97. The molecule has 1 saturated carbocycles. The molecule has 2 rings (SSSR count). The molecule has 1 aliphatic carbocycles. The molecule has 1 fully saturated rings.